The van der Waals surface area contributed by atoms with Gasteiger partial charge in [-0.15, -0.1) is 0 Å². The van der Waals surface area contributed by atoms with Crippen LogP contribution in [0.15, 0.2) is 35.1 Å². The Hall–Kier alpha value is -4.25. The number of piperidine rings is 2. The van der Waals surface area contributed by atoms with E-state index in [0.29, 0.717) is 65.7 Å². The van der Waals surface area contributed by atoms with E-state index in [0.717, 1.165) is 63.1 Å². The molecule has 4 aliphatic heterocycles. The van der Waals surface area contributed by atoms with Crippen LogP contribution < -0.4 is 15.6 Å². The number of H-pyrrole nitrogens is 1. The number of ether oxygens (including phenoxy) is 2. The molecule has 0 saturated carbocycles. The summed E-state index contributed by atoms with van der Waals surface area (Å²) < 4.78 is 26.4. The summed E-state index contributed by atoms with van der Waals surface area (Å²) in [7, 11) is 0. The van der Waals surface area contributed by atoms with Crippen molar-refractivity contribution >= 4 is 40.4 Å². The van der Waals surface area contributed by atoms with Gasteiger partial charge < -0.3 is 19.4 Å². The molecule has 11 nitrogen and oxygen atoms in total. The lowest BCUT2D eigenvalue weighted by Gasteiger charge is -2.30. The number of aromatic nitrogens is 2. The van der Waals surface area contributed by atoms with E-state index in [1.165, 1.54) is 11.0 Å². The summed E-state index contributed by atoms with van der Waals surface area (Å²) in [6.45, 7) is 4.59. The monoisotopic (exact) mass is 687 g/mol. The Balaban J connectivity index is 0.889. The van der Waals surface area contributed by atoms with Gasteiger partial charge in [-0.3, -0.25) is 29.4 Å². The summed E-state index contributed by atoms with van der Waals surface area (Å²) >= 11 is 1.74. The molecule has 0 spiro atoms. The molecule has 3 saturated heterocycles. The molecule has 2 N–H and O–H groups in total. The first-order valence-corrected chi connectivity index (χ1v) is 17.9. The summed E-state index contributed by atoms with van der Waals surface area (Å²) in [4.78, 5) is 60.6. The van der Waals surface area contributed by atoms with E-state index < -0.39 is 23.3 Å². The molecule has 3 fully saturated rings. The van der Waals surface area contributed by atoms with Crippen LogP contribution in [0, 0.1) is 23.6 Å². The summed E-state index contributed by atoms with van der Waals surface area (Å²) in [6.07, 6.45) is 4.33. The predicted octanol–water partition coefficient (Wildman–Crippen LogP) is 3.38. The molecule has 1 atom stereocenters. The number of nitrogens with one attached hydrogen (secondary N) is 2. The van der Waals surface area contributed by atoms with Crippen molar-refractivity contribution in [2.24, 2.45) is 5.92 Å². The third-order valence-corrected chi connectivity index (χ3v) is 11.0. The lowest BCUT2D eigenvalue weighted by Crippen LogP contribution is -2.52. The number of carbonyl (C=O) groups excluding carboxylic acids is 3. The molecule has 7 rings (SSSR count). The second-order valence-corrected chi connectivity index (χ2v) is 14.3. The molecule has 256 valence electrons. The molecule has 0 radical (unpaired) electrons. The Labute approximate surface area is 287 Å². The minimum absolute atomic E-state index is 0.0517. The fourth-order valence-electron chi connectivity index (χ4n) is 6.87. The molecule has 1 unspecified atom stereocenters. The van der Waals surface area contributed by atoms with E-state index in [2.05, 4.69) is 32.0 Å². The fraction of sp³-hybridized carbons (Fsp3) is 0.472. The Morgan fingerprint density at radius 1 is 1.04 bits per heavy atom. The quantitative estimate of drug-likeness (QED) is 0.270. The van der Waals surface area contributed by atoms with Crippen molar-refractivity contribution < 1.29 is 28.2 Å². The smallest absolute Gasteiger partial charge is 0.261 e. The number of nitrogens with zero attached hydrogens (tertiary/aromatic N) is 3. The first-order valence-electron chi connectivity index (χ1n) is 16.8. The maximum Gasteiger partial charge on any atom is 0.261 e. The highest BCUT2D eigenvalue weighted by molar-refractivity contribution is 7.99. The van der Waals surface area contributed by atoms with Gasteiger partial charge in [-0.25, -0.2) is 9.37 Å². The first-order chi connectivity index (χ1) is 23.8. The number of likely N-dealkylation sites (tertiary alicyclic amines) is 1. The number of benzene rings is 2. The summed E-state index contributed by atoms with van der Waals surface area (Å²) in [5, 5.41) is 2.73. The third kappa shape index (κ3) is 7.66. The number of halogens is 1. The minimum Gasteiger partial charge on any atom is -0.493 e. The van der Waals surface area contributed by atoms with Crippen molar-refractivity contribution in [3.8, 4) is 17.6 Å². The van der Waals surface area contributed by atoms with Gasteiger partial charge in [-0.05, 0) is 74.9 Å². The minimum atomic E-state index is -0.639. The van der Waals surface area contributed by atoms with Crippen LogP contribution in [0.4, 0.5) is 4.39 Å². The molecule has 3 aromatic rings. The molecule has 1 aromatic heterocycles. The van der Waals surface area contributed by atoms with Gasteiger partial charge in [0.25, 0.3) is 11.5 Å². The van der Waals surface area contributed by atoms with Gasteiger partial charge in [0.1, 0.15) is 28.8 Å². The Bertz CT molecular complexity index is 1890. The number of imide groups is 1. The molecule has 13 heteroatoms. The number of amides is 3. The highest BCUT2D eigenvalue weighted by Gasteiger charge is 2.39. The standard InChI is InChI=1S/C36H38FN5O6S/c37-28-17-25(18-29-33(28)35(45)39-31(38-29)21-49-26-9-14-47-15-10-26)48-20-23-7-12-41(13-8-23)11-1-2-22-3-4-27-24(16-22)19-42(36(27)46)30-5-6-32(43)40-34(30)44/h3-4,16-18,23,26,30H,5-15,19-21H2,(H,38,39,45)(H,40,43,44). The molecular weight excluding hydrogens is 649 g/mol. The molecule has 3 amide bonds. The molecular formula is C36H38FN5O6S. The van der Waals surface area contributed by atoms with Crippen molar-refractivity contribution in [1.29, 1.82) is 0 Å². The zero-order chi connectivity index (χ0) is 33.9. The van der Waals surface area contributed by atoms with E-state index >= 15 is 0 Å². The Morgan fingerprint density at radius 2 is 1.86 bits per heavy atom. The maximum atomic E-state index is 15.0. The van der Waals surface area contributed by atoms with Crippen LogP contribution in [0.2, 0.25) is 0 Å². The largest absolute Gasteiger partial charge is 0.493 e. The van der Waals surface area contributed by atoms with E-state index in [1.807, 2.05) is 12.1 Å². The lowest BCUT2D eigenvalue weighted by molar-refractivity contribution is -0.136. The van der Waals surface area contributed by atoms with Crippen molar-refractivity contribution in [2.75, 3.05) is 39.5 Å². The predicted molar refractivity (Wildman–Crippen MR) is 181 cm³/mol. The number of carbonyl (C=O) groups is 3. The van der Waals surface area contributed by atoms with Gasteiger partial charge in [0.15, 0.2) is 0 Å². The number of rotatable bonds is 8. The summed E-state index contributed by atoms with van der Waals surface area (Å²) in [5.74, 6) is 6.66. The van der Waals surface area contributed by atoms with Gasteiger partial charge in [0, 0.05) is 54.7 Å². The summed E-state index contributed by atoms with van der Waals surface area (Å²) in [6, 6.07) is 7.78. The van der Waals surface area contributed by atoms with E-state index in [9.17, 15) is 23.6 Å². The number of fused-ring (bicyclic) bond motifs is 2. The number of hydrogen-bond donors (Lipinski definition) is 2. The van der Waals surface area contributed by atoms with Crippen LogP contribution in [0.1, 0.15) is 65.8 Å². The number of aromatic amines is 1. The molecule has 2 aromatic carbocycles. The second-order valence-electron chi connectivity index (χ2n) is 13.0. The average Bonchev–Trinajstić information content (AvgIpc) is 3.42. The van der Waals surface area contributed by atoms with Crippen LogP contribution >= 0.6 is 11.8 Å². The zero-order valence-electron chi connectivity index (χ0n) is 27.1. The van der Waals surface area contributed by atoms with Crippen molar-refractivity contribution in [1.82, 2.24) is 25.1 Å². The van der Waals surface area contributed by atoms with Crippen LogP contribution in [0.3, 0.4) is 0 Å². The highest BCUT2D eigenvalue weighted by Crippen LogP contribution is 2.29. The zero-order valence-corrected chi connectivity index (χ0v) is 27.9. The van der Waals surface area contributed by atoms with E-state index in [4.69, 9.17) is 9.47 Å². The molecule has 0 bridgehead atoms. The van der Waals surface area contributed by atoms with Crippen LogP contribution in [-0.4, -0.2) is 88.2 Å². The van der Waals surface area contributed by atoms with Crippen LogP contribution in [0.5, 0.6) is 5.75 Å². The van der Waals surface area contributed by atoms with Crippen molar-refractivity contribution in [3.63, 3.8) is 0 Å². The highest BCUT2D eigenvalue weighted by atomic mass is 32.2. The summed E-state index contributed by atoms with van der Waals surface area (Å²) in [5.41, 5.74) is 2.04. The Morgan fingerprint density at radius 3 is 2.65 bits per heavy atom. The molecule has 0 aliphatic carbocycles. The second kappa shape index (κ2) is 14.7. The normalized spacial score (nSPS) is 20.6. The number of thioether (sulfide) groups is 1. The van der Waals surface area contributed by atoms with Crippen LogP contribution in [0.25, 0.3) is 10.9 Å². The molecule has 4 aliphatic rings. The SMILES string of the molecule is O=C1CCC(N2Cc3cc(C#CCN4CCC(COc5cc(F)c6c(=O)[nH]c(CSC7CCOCC7)nc6c5)CC4)ccc3C2=O)C(=O)N1. The third-order valence-electron chi connectivity index (χ3n) is 9.66. The van der Waals surface area contributed by atoms with Gasteiger partial charge in [-0.2, -0.15) is 11.8 Å². The Kier molecular flexibility index (Phi) is 9.98. The van der Waals surface area contributed by atoms with Crippen LogP contribution in [-0.2, 0) is 26.6 Å². The van der Waals surface area contributed by atoms with Gasteiger partial charge >= 0.3 is 0 Å². The topological polar surface area (TPSA) is 134 Å². The molecule has 5 heterocycles. The first kappa shape index (κ1) is 33.3. The van der Waals surface area contributed by atoms with Gasteiger partial charge in [0.2, 0.25) is 11.8 Å². The van der Waals surface area contributed by atoms with Gasteiger partial charge in [0.05, 0.1) is 24.4 Å². The van der Waals surface area contributed by atoms with E-state index in [1.54, 1.807) is 23.9 Å². The van der Waals surface area contributed by atoms with Gasteiger partial charge in [-0.1, -0.05) is 11.8 Å². The fourth-order valence-corrected chi connectivity index (χ4v) is 7.93. The maximum absolute atomic E-state index is 15.0. The van der Waals surface area contributed by atoms with Crippen molar-refractivity contribution in [2.45, 2.75) is 62.1 Å². The van der Waals surface area contributed by atoms with Crippen molar-refractivity contribution in [3.05, 3.63) is 69.0 Å². The lowest BCUT2D eigenvalue weighted by atomic mass is 9.98. The van der Waals surface area contributed by atoms with E-state index in [-0.39, 0.29) is 23.6 Å². The average molecular weight is 688 g/mol. The number of hydrogen-bond acceptors (Lipinski definition) is 9. The molecule has 49 heavy (non-hydrogen) atoms.